The van der Waals surface area contributed by atoms with Crippen molar-refractivity contribution in [3.8, 4) is 0 Å². The molecule has 2 rings (SSSR count). The summed E-state index contributed by atoms with van der Waals surface area (Å²) in [7, 11) is 3.63. The summed E-state index contributed by atoms with van der Waals surface area (Å²) in [5.41, 5.74) is 6.50. The first-order valence-electron chi connectivity index (χ1n) is 7.02. The number of aryl methyl sites for hydroxylation is 1. The van der Waals surface area contributed by atoms with E-state index in [-0.39, 0.29) is 22.6 Å². The second-order valence-electron chi connectivity index (χ2n) is 5.84. The van der Waals surface area contributed by atoms with E-state index in [1.165, 1.54) is 0 Å². The fourth-order valence-corrected chi connectivity index (χ4v) is 2.79. The average Bonchev–Trinajstić information content (AvgIpc) is 3.11. The standard InChI is InChI=1S/C13H23N5O2/c1-8(2)11-12(18(19)20)13(17(4)15-11)16(3)10(7-14)9-5-6-9/h8-10H,5-7,14H2,1-4H3. The van der Waals surface area contributed by atoms with Crippen LogP contribution in [0.2, 0.25) is 0 Å². The van der Waals surface area contributed by atoms with Gasteiger partial charge >= 0.3 is 5.69 Å². The zero-order chi connectivity index (χ0) is 15.0. The summed E-state index contributed by atoms with van der Waals surface area (Å²) >= 11 is 0. The highest BCUT2D eigenvalue weighted by atomic mass is 16.6. The van der Waals surface area contributed by atoms with Crippen LogP contribution >= 0.6 is 0 Å². The van der Waals surface area contributed by atoms with Crippen LogP contribution < -0.4 is 10.6 Å². The Labute approximate surface area is 118 Å². The van der Waals surface area contributed by atoms with Gasteiger partial charge in [-0.1, -0.05) is 13.8 Å². The van der Waals surface area contributed by atoms with Crippen molar-refractivity contribution in [2.45, 2.75) is 38.6 Å². The minimum Gasteiger partial charge on any atom is -0.350 e. The number of likely N-dealkylation sites (N-methyl/N-ethyl adjacent to an activating group) is 1. The molecule has 1 saturated carbocycles. The predicted molar refractivity (Wildman–Crippen MR) is 77.9 cm³/mol. The second-order valence-corrected chi connectivity index (χ2v) is 5.84. The van der Waals surface area contributed by atoms with Crippen molar-refractivity contribution >= 4 is 11.5 Å². The third-order valence-corrected chi connectivity index (χ3v) is 3.99. The lowest BCUT2D eigenvalue weighted by Gasteiger charge is -2.28. The number of hydrogen-bond acceptors (Lipinski definition) is 5. The van der Waals surface area contributed by atoms with Gasteiger partial charge in [0, 0.05) is 32.6 Å². The number of hydrogen-bond donors (Lipinski definition) is 1. The largest absolute Gasteiger partial charge is 0.350 e. The molecular weight excluding hydrogens is 258 g/mol. The van der Waals surface area contributed by atoms with E-state index in [2.05, 4.69) is 5.10 Å². The Kier molecular flexibility index (Phi) is 3.99. The normalized spacial score (nSPS) is 16.5. The van der Waals surface area contributed by atoms with Crippen molar-refractivity contribution in [2.75, 3.05) is 18.5 Å². The molecule has 112 valence electrons. The first-order valence-corrected chi connectivity index (χ1v) is 7.02. The van der Waals surface area contributed by atoms with Gasteiger partial charge in [0.05, 0.1) is 4.92 Å². The highest BCUT2D eigenvalue weighted by Crippen LogP contribution is 2.40. The molecule has 1 aromatic heterocycles. The molecule has 0 bridgehead atoms. The maximum atomic E-state index is 11.5. The predicted octanol–water partition coefficient (Wildman–Crippen LogP) is 1.63. The van der Waals surface area contributed by atoms with E-state index >= 15 is 0 Å². The number of nitrogens with two attached hydrogens (primary N) is 1. The summed E-state index contributed by atoms with van der Waals surface area (Å²) in [6.07, 6.45) is 2.30. The first kappa shape index (κ1) is 14.8. The lowest BCUT2D eigenvalue weighted by atomic mass is 10.1. The number of nitro groups is 1. The molecule has 0 saturated heterocycles. The van der Waals surface area contributed by atoms with Crippen LogP contribution in [0.5, 0.6) is 0 Å². The van der Waals surface area contributed by atoms with E-state index in [0.29, 0.717) is 24.0 Å². The monoisotopic (exact) mass is 281 g/mol. The molecular formula is C13H23N5O2. The van der Waals surface area contributed by atoms with Crippen LogP contribution in [0.4, 0.5) is 11.5 Å². The van der Waals surface area contributed by atoms with Crippen molar-refractivity contribution in [1.29, 1.82) is 0 Å². The van der Waals surface area contributed by atoms with Gasteiger partial charge < -0.3 is 10.6 Å². The average molecular weight is 281 g/mol. The summed E-state index contributed by atoms with van der Waals surface area (Å²) in [4.78, 5) is 13.1. The molecule has 1 unspecified atom stereocenters. The fourth-order valence-electron chi connectivity index (χ4n) is 2.79. The summed E-state index contributed by atoms with van der Waals surface area (Å²) in [6, 6.07) is 0.143. The molecule has 2 N–H and O–H groups in total. The van der Waals surface area contributed by atoms with Crippen LogP contribution in [0.1, 0.15) is 38.3 Å². The van der Waals surface area contributed by atoms with Crippen LogP contribution in [-0.4, -0.2) is 34.3 Å². The van der Waals surface area contributed by atoms with Crippen LogP contribution in [0.15, 0.2) is 0 Å². The zero-order valence-corrected chi connectivity index (χ0v) is 12.5. The number of nitrogens with zero attached hydrogens (tertiary/aromatic N) is 4. The lowest BCUT2D eigenvalue weighted by Crippen LogP contribution is -2.40. The van der Waals surface area contributed by atoms with E-state index in [4.69, 9.17) is 5.73 Å². The Morgan fingerprint density at radius 2 is 2.15 bits per heavy atom. The summed E-state index contributed by atoms with van der Waals surface area (Å²) in [5, 5.41) is 15.8. The van der Waals surface area contributed by atoms with Crippen LogP contribution in [0, 0.1) is 16.0 Å². The van der Waals surface area contributed by atoms with Crippen molar-refractivity contribution in [2.24, 2.45) is 18.7 Å². The molecule has 1 fully saturated rings. The summed E-state index contributed by atoms with van der Waals surface area (Å²) in [5.74, 6) is 1.11. The Bertz CT molecular complexity index is 507. The molecule has 1 atom stereocenters. The van der Waals surface area contributed by atoms with Gasteiger partial charge in [0.1, 0.15) is 5.69 Å². The quantitative estimate of drug-likeness (QED) is 0.632. The molecule has 0 radical (unpaired) electrons. The highest BCUT2D eigenvalue weighted by molar-refractivity contribution is 5.62. The third kappa shape index (κ3) is 2.49. The maximum absolute atomic E-state index is 11.5. The number of anilines is 1. The molecule has 7 nitrogen and oxygen atoms in total. The molecule has 0 aromatic carbocycles. The van der Waals surface area contributed by atoms with Crippen molar-refractivity contribution in [1.82, 2.24) is 9.78 Å². The molecule has 7 heteroatoms. The lowest BCUT2D eigenvalue weighted by molar-refractivity contribution is -0.385. The van der Waals surface area contributed by atoms with Crippen LogP contribution in [0.25, 0.3) is 0 Å². The van der Waals surface area contributed by atoms with Crippen molar-refractivity contribution in [3.63, 3.8) is 0 Å². The topological polar surface area (TPSA) is 90.2 Å². The summed E-state index contributed by atoms with van der Waals surface area (Å²) < 4.78 is 1.61. The van der Waals surface area contributed by atoms with Gasteiger partial charge in [-0.3, -0.25) is 10.1 Å². The minimum atomic E-state index is -0.325. The zero-order valence-electron chi connectivity index (χ0n) is 12.5. The van der Waals surface area contributed by atoms with E-state index < -0.39 is 0 Å². The van der Waals surface area contributed by atoms with Crippen molar-refractivity contribution < 1.29 is 4.92 Å². The molecule has 1 aliphatic rings. The van der Waals surface area contributed by atoms with Gasteiger partial charge in [-0.25, -0.2) is 4.68 Å². The Morgan fingerprint density at radius 1 is 1.55 bits per heavy atom. The molecule has 0 amide bonds. The van der Waals surface area contributed by atoms with Crippen LogP contribution in [0.3, 0.4) is 0 Å². The minimum absolute atomic E-state index is 0.0148. The Balaban J connectivity index is 2.46. The van der Waals surface area contributed by atoms with Gasteiger partial charge in [-0.15, -0.1) is 0 Å². The van der Waals surface area contributed by atoms with Gasteiger partial charge in [0.25, 0.3) is 0 Å². The van der Waals surface area contributed by atoms with Crippen LogP contribution in [-0.2, 0) is 7.05 Å². The molecule has 20 heavy (non-hydrogen) atoms. The molecule has 1 aromatic rings. The van der Waals surface area contributed by atoms with E-state index in [9.17, 15) is 10.1 Å². The Hall–Kier alpha value is -1.63. The van der Waals surface area contributed by atoms with E-state index in [0.717, 1.165) is 12.8 Å². The maximum Gasteiger partial charge on any atom is 0.334 e. The Morgan fingerprint density at radius 3 is 2.55 bits per heavy atom. The summed E-state index contributed by atoms with van der Waals surface area (Å²) in [6.45, 7) is 4.33. The molecule has 0 aliphatic heterocycles. The van der Waals surface area contributed by atoms with Gasteiger partial charge in [-0.2, -0.15) is 5.10 Å². The molecule has 0 spiro atoms. The SMILES string of the molecule is CC(C)c1nn(C)c(N(C)C(CN)C2CC2)c1[N+](=O)[O-]. The fraction of sp³-hybridized carbons (Fsp3) is 0.769. The van der Waals surface area contributed by atoms with Gasteiger partial charge in [-0.05, 0) is 18.8 Å². The number of aromatic nitrogens is 2. The van der Waals surface area contributed by atoms with E-state index in [1.54, 1.807) is 11.7 Å². The van der Waals surface area contributed by atoms with Crippen molar-refractivity contribution in [3.05, 3.63) is 15.8 Å². The third-order valence-electron chi connectivity index (χ3n) is 3.99. The first-order chi connectivity index (χ1) is 9.38. The number of rotatable bonds is 6. The van der Waals surface area contributed by atoms with E-state index in [1.807, 2.05) is 25.8 Å². The smallest absolute Gasteiger partial charge is 0.334 e. The molecule has 1 aliphatic carbocycles. The highest BCUT2D eigenvalue weighted by Gasteiger charge is 2.38. The van der Waals surface area contributed by atoms with Gasteiger partial charge in [0.2, 0.25) is 5.82 Å². The molecule has 1 heterocycles. The van der Waals surface area contributed by atoms with Gasteiger partial charge in [0.15, 0.2) is 0 Å². The second kappa shape index (κ2) is 5.40.